The molecule has 0 aliphatic rings. The molecule has 0 spiro atoms. The van der Waals surface area contributed by atoms with E-state index in [1.807, 2.05) is 24.3 Å². The molecule has 4 aromatic rings. The van der Waals surface area contributed by atoms with Crippen LogP contribution in [0.3, 0.4) is 0 Å². The monoisotopic (exact) mass is 562 g/mol. The Bertz CT molecular complexity index is 1470. The van der Waals surface area contributed by atoms with E-state index >= 15 is 0 Å². The summed E-state index contributed by atoms with van der Waals surface area (Å²) in [5, 5.41) is 12.6. The maximum absolute atomic E-state index is 12.7. The lowest BCUT2D eigenvalue weighted by molar-refractivity contribution is 0.102. The summed E-state index contributed by atoms with van der Waals surface area (Å²) in [4.78, 5) is 12.7. The fraction of sp³-hybridized carbons (Fsp3) is 0.125. The molecule has 0 aliphatic carbocycles. The SMILES string of the molecule is COc1ccc(-c2nnc(NC(=O)c3ccc(CN(c4cc(Cl)cc(Cl)c4)S(C)(=O)=O)cc3)s2)cc1. The minimum Gasteiger partial charge on any atom is -0.497 e. The van der Waals surface area contributed by atoms with Gasteiger partial charge in [0.15, 0.2) is 0 Å². The van der Waals surface area contributed by atoms with Crippen molar-refractivity contribution < 1.29 is 17.9 Å². The standard InChI is InChI=1S/C24H20Cl2N4O4S2/c1-34-21-9-7-17(8-10-21)23-28-29-24(35-23)27-22(31)16-5-3-15(4-6-16)14-30(36(2,32)33)20-12-18(25)11-19(26)13-20/h3-13H,14H2,1-2H3,(H,27,29,31). The largest absolute Gasteiger partial charge is 0.497 e. The number of nitrogens with one attached hydrogen (secondary N) is 1. The van der Waals surface area contributed by atoms with Crippen molar-refractivity contribution in [1.29, 1.82) is 0 Å². The number of hydrogen-bond acceptors (Lipinski definition) is 7. The van der Waals surface area contributed by atoms with Crippen LogP contribution in [0.4, 0.5) is 10.8 Å². The molecular formula is C24H20Cl2N4O4S2. The number of halogens is 2. The van der Waals surface area contributed by atoms with E-state index < -0.39 is 10.0 Å². The Morgan fingerprint density at radius 2 is 1.64 bits per heavy atom. The van der Waals surface area contributed by atoms with Crippen LogP contribution in [0.15, 0.2) is 66.7 Å². The third kappa shape index (κ3) is 6.33. The third-order valence-electron chi connectivity index (χ3n) is 5.06. The first-order chi connectivity index (χ1) is 17.1. The number of ether oxygens (including phenoxy) is 1. The predicted octanol–water partition coefficient (Wildman–Crippen LogP) is 5.74. The van der Waals surface area contributed by atoms with Crippen molar-refractivity contribution in [3.63, 3.8) is 0 Å². The van der Waals surface area contributed by atoms with E-state index in [0.29, 0.717) is 37.0 Å². The van der Waals surface area contributed by atoms with Crippen LogP contribution in [0.1, 0.15) is 15.9 Å². The fourth-order valence-corrected chi connectivity index (χ4v) is 5.43. The van der Waals surface area contributed by atoms with Crippen molar-refractivity contribution in [2.24, 2.45) is 0 Å². The summed E-state index contributed by atoms with van der Waals surface area (Å²) >= 11 is 13.4. The van der Waals surface area contributed by atoms with Gasteiger partial charge in [0.05, 0.1) is 25.6 Å². The minimum absolute atomic E-state index is 0.0407. The third-order valence-corrected chi connectivity index (χ3v) is 7.53. The van der Waals surface area contributed by atoms with Gasteiger partial charge in [0.25, 0.3) is 5.91 Å². The minimum atomic E-state index is -3.63. The molecule has 186 valence electrons. The smallest absolute Gasteiger partial charge is 0.257 e. The van der Waals surface area contributed by atoms with Gasteiger partial charge in [-0.2, -0.15) is 0 Å². The van der Waals surface area contributed by atoms with Gasteiger partial charge in [0, 0.05) is 21.2 Å². The molecule has 0 saturated heterocycles. The highest BCUT2D eigenvalue weighted by atomic mass is 35.5. The number of sulfonamides is 1. The first kappa shape index (κ1) is 25.9. The van der Waals surface area contributed by atoms with Crippen LogP contribution in [-0.2, 0) is 16.6 Å². The van der Waals surface area contributed by atoms with E-state index in [1.54, 1.807) is 31.4 Å². The molecule has 0 unspecified atom stereocenters. The first-order valence-electron chi connectivity index (χ1n) is 10.4. The van der Waals surface area contributed by atoms with Gasteiger partial charge in [-0.1, -0.05) is 46.7 Å². The van der Waals surface area contributed by atoms with Gasteiger partial charge >= 0.3 is 0 Å². The van der Waals surface area contributed by atoms with E-state index in [-0.39, 0.29) is 12.5 Å². The summed E-state index contributed by atoms with van der Waals surface area (Å²) < 4.78 is 31.2. The summed E-state index contributed by atoms with van der Waals surface area (Å²) in [6, 6.07) is 18.5. The molecule has 0 atom stereocenters. The molecule has 0 fully saturated rings. The maximum Gasteiger partial charge on any atom is 0.257 e. The molecule has 0 bridgehead atoms. The highest BCUT2D eigenvalue weighted by Gasteiger charge is 2.19. The summed E-state index contributed by atoms with van der Waals surface area (Å²) in [5.74, 6) is 0.372. The number of benzene rings is 3. The van der Waals surface area contributed by atoms with Gasteiger partial charge < -0.3 is 4.74 Å². The second-order valence-electron chi connectivity index (χ2n) is 7.69. The van der Waals surface area contributed by atoms with Gasteiger partial charge in [-0.05, 0) is 60.2 Å². The number of aromatic nitrogens is 2. The van der Waals surface area contributed by atoms with Crippen molar-refractivity contribution in [3.05, 3.63) is 87.9 Å². The molecule has 8 nitrogen and oxygen atoms in total. The van der Waals surface area contributed by atoms with E-state index in [0.717, 1.165) is 17.6 Å². The molecule has 3 aromatic carbocycles. The normalized spacial score (nSPS) is 11.2. The fourth-order valence-electron chi connectivity index (χ4n) is 3.30. The number of carbonyl (C=O) groups excluding carboxylic acids is 1. The van der Waals surface area contributed by atoms with Crippen molar-refractivity contribution in [2.75, 3.05) is 23.0 Å². The molecule has 36 heavy (non-hydrogen) atoms. The average Bonchev–Trinajstić information content (AvgIpc) is 3.30. The Hall–Kier alpha value is -3.18. The zero-order valence-electron chi connectivity index (χ0n) is 19.1. The van der Waals surface area contributed by atoms with E-state index in [9.17, 15) is 13.2 Å². The molecule has 1 heterocycles. The molecule has 0 radical (unpaired) electrons. The van der Waals surface area contributed by atoms with Crippen LogP contribution in [0.5, 0.6) is 5.75 Å². The van der Waals surface area contributed by atoms with Gasteiger partial charge in [0.1, 0.15) is 10.8 Å². The molecule has 12 heteroatoms. The topological polar surface area (TPSA) is 101 Å². The lowest BCUT2D eigenvalue weighted by Crippen LogP contribution is -2.29. The highest BCUT2D eigenvalue weighted by molar-refractivity contribution is 7.92. The number of anilines is 2. The summed E-state index contributed by atoms with van der Waals surface area (Å²) in [6.45, 7) is 0.0407. The maximum atomic E-state index is 12.7. The van der Waals surface area contributed by atoms with Crippen molar-refractivity contribution >= 4 is 61.3 Å². The van der Waals surface area contributed by atoms with Crippen molar-refractivity contribution in [1.82, 2.24) is 10.2 Å². The summed E-state index contributed by atoms with van der Waals surface area (Å²) in [6.07, 6.45) is 1.10. The Balaban J connectivity index is 1.46. The molecule has 1 aromatic heterocycles. The number of hydrogen-bond donors (Lipinski definition) is 1. The van der Waals surface area contributed by atoms with Crippen molar-refractivity contribution in [3.8, 4) is 16.3 Å². The Morgan fingerprint density at radius 1 is 1.00 bits per heavy atom. The van der Waals surface area contributed by atoms with Crippen LogP contribution in [0.25, 0.3) is 10.6 Å². The summed E-state index contributed by atoms with van der Waals surface area (Å²) in [5.41, 5.74) is 2.26. The number of amides is 1. The number of methoxy groups -OCH3 is 1. The molecule has 1 N–H and O–H groups in total. The van der Waals surface area contributed by atoms with Crippen LogP contribution < -0.4 is 14.4 Å². The lowest BCUT2D eigenvalue weighted by Gasteiger charge is -2.23. The van der Waals surface area contributed by atoms with Gasteiger partial charge in [-0.25, -0.2) is 8.42 Å². The zero-order chi connectivity index (χ0) is 25.9. The lowest BCUT2D eigenvalue weighted by atomic mass is 10.1. The number of carbonyl (C=O) groups is 1. The molecule has 0 aliphatic heterocycles. The first-order valence-corrected chi connectivity index (χ1v) is 13.9. The molecule has 0 saturated carbocycles. The van der Waals surface area contributed by atoms with Crippen LogP contribution in [-0.4, -0.2) is 37.9 Å². The highest BCUT2D eigenvalue weighted by Crippen LogP contribution is 2.29. The number of rotatable bonds is 8. The molecular weight excluding hydrogens is 543 g/mol. The van der Waals surface area contributed by atoms with Crippen molar-refractivity contribution in [2.45, 2.75) is 6.54 Å². The zero-order valence-corrected chi connectivity index (χ0v) is 22.2. The Morgan fingerprint density at radius 3 is 2.22 bits per heavy atom. The Kier molecular flexibility index (Phi) is 7.79. The predicted molar refractivity (Wildman–Crippen MR) is 144 cm³/mol. The van der Waals surface area contributed by atoms with E-state index in [2.05, 4.69) is 15.5 Å². The second-order valence-corrected chi connectivity index (χ2v) is 11.4. The van der Waals surface area contributed by atoms with E-state index in [1.165, 1.54) is 33.8 Å². The number of nitrogens with zero attached hydrogens (tertiary/aromatic N) is 3. The van der Waals surface area contributed by atoms with E-state index in [4.69, 9.17) is 27.9 Å². The van der Waals surface area contributed by atoms with Crippen LogP contribution in [0, 0.1) is 0 Å². The van der Waals surface area contributed by atoms with Crippen LogP contribution >= 0.6 is 34.5 Å². The van der Waals surface area contributed by atoms with Gasteiger partial charge in [-0.15, -0.1) is 10.2 Å². The van der Waals surface area contributed by atoms with Gasteiger partial charge in [0.2, 0.25) is 15.2 Å². The second kappa shape index (κ2) is 10.8. The van der Waals surface area contributed by atoms with Gasteiger partial charge in [-0.3, -0.25) is 14.4 Å². The molecule has 1 amide bonds. The quantitative estimate of drug-likeness (QED) is 0.294. The average molecular weight is 563 g/mol. The molecule has 4 rings (SSSR count). The Labute approximate surface area is 222 Å². The summed E-state index contributed by atoms with van der Waals surface area (Å²) in [7, 11) is -2.03. The van der Waals surface area contributed by atoms with Crippen LogP contribution in [0.2, 0.25) is 10.0 Å².